The molecule has 0 spiro atoms. The van der Waals surface area contributed by atoms with Crippen LogP contribution in [0.2, 0.25) is 0 Å². The van der Waals surface area contributed by atoms with Crippen LogP contribution in [0.1, 0.15) is 45.6 Å². The van der Waals surface area contributed by atoms with E-state index >= 15 is 0 Å². The normalized spacial score (nSPS) is 17.9. The number of amides is 1. The predicted octanol–water partition coefficient (Wildman–Crippen LogP) is 3.12. The van der Waals surface area contributed by atoms with Crippen LogP contribution in [0.4, 0.5) is 5.69 Å². The number of ether oxygens (including phenoxy) is 1. The molecule has 1 aromatic carbocycles. The highest BCUT2D eigenvalue weighted by molar-refractivity contribution is 6.00. The lowest BCUT2D eigenvalue weighted by molar-refractivity contribution is -0.128. The molecule has 0 bridgehead atoms. The first-order valence-electron chi connectivity index (χ1n) is 7.80. The molecule has 1 aliphatic rings. The first kappa shape index (κ1) is 15.8. The maximum atomic E-state index is 12.6. The van der Waals surface area contributed by atoms with Crippen molar-refractivity contribution in [3.63, 3.8) is 0 Å². The fourth-order valence-electron chi connectivity index (χ4n) is 2.61. The minimum absolute atomic E-state index is 0.0211. The third-order valence-electron chi connectivity index (χ3n) is 3.85. The van der Waals surface area contributed by atoms with E-state index in [1.807, 2.05) is 36.9 Å². The van der Waals surface area contributed by atoms with Crippen molar-refractivity contribution in [3.05, 3.63) is 23.8 Å². The number of hydrogen-bond donors (Lipinski definition) is 1. The zero-order valence-corrected chi connectivity index (χ0v) is 13.1. The van der Waals surface area contributed by atoms with Crippen LogP contribution in [-0.4, -0.2) is 23.7 Å². The Morgan fingerprint density at radius 1 is 1.33 bits per heavy atom. The van der Waals surface area contributed by atoms with E-state index in [1.54, 1.807) is 0 Å². The smallest absolute Gasteiger partial charge is 0.268 e. The second kappa shape index (κ2) is 6.94. The molecule has 1 heterocycles. The Bertz CT molecular complexity index is 499. The molecule has 0 saturated heterocycles. The van der Waals surface area contributed by atoms with Crippen LogP contribution in [0, 0.1) is 5.92 Å². The van der Waals surface area contributed by atoms with Crippen LogP contribution < -0.4 is 9.64 Å². The van der Waals surface area contributed by atoms with Gasteiger partial charge in [0.05, 0.1) is 12.3 Å². The number of fused-ring (bicyclic) bond motifs is 1. The van der Waals surface area contributed by atoms with E-state index in [9.17, 15) is 9.90 Å². The molecule has 1 aliphatic heterocycles. The highest BCUT2D eigenvalue weighted by Crippen LogP contribution is 2.36. The molecule has 0 saturated carbocycles. The number of anilines is 1. The zero-order chi connectivity index (χ0) is 15.4. The standard InChI is InChI=1S/C17H25NO3/c1-4-5-6-9-18-14-8-7-13(11-19)10-15(14)21-16(12(2)3)17(18)20/h7-8,10,12,16,19H,4-6,9,11H2,1-3H3. The molecular formula is C17H25NO3. The van der Waals surface area contributed by atoms with Gasteiger partial charge in [-0.2, -0.15) is 0 Å². The van der Waals surface area contributed by atoms with E-state index in [1.165, 1.54) is 0 Å². The number of unbranched alkanes of at least 4 members (excludes halogenated alkanes) is 2. The number of carbonyl (C=O) groups is 1. The second-order valence-electron chi connectivity index (χ2n) is 5.94. The lowest BCUT2D eigenvalue weighted by atomic mass is 10.0. The van der Waals surface area contributed by atoms with Gasteiger partial charge < -0.3 is 14.7 Å². The average Bonchev–Trinajstić information content (AvgIpc) is 2.48. The number of nitrogens with zero attached hydrogens (tertiary/aromatic N) is 1. The minimum atomic E-state index is -0.437. The summed E-state index contributed by atoms with van der Waals surface area (Å²) in [7, 11) is 0. The molecule has 1 N–H and O–H groups in total. The summed E-state index contributed by atoms with van der Waals surface area (Å²) >= 11 is 0. The SMILES string of the molecule is CCCCCN1C(=O)C(C(C)C)Oc2cc(CO)ccc21. The number of hydrogen-bond acceptors (Lipinski definition) is 3. The monoisotopic (exact) mass is 291 g/mol. The van der Waals surface area contributed by atoms with Crippen LogP contribution >= 0.6 is 0 Å². The molecule has 1 atom stereocenters. The largest absolute Gasteiger partial charge is 0.478 e. The van der Waals surface area contributed by atoms with Crippen LogP contribution in [0.3, 0.4) is 0 Å². The Balaban J connectivity index is 2.31. The summed E-state index contributed by atoms with van der Waals surface area (Å²) in [6, 6.07) is 5.56. The molecule has 1 aromatic rings. The molecule has 1 amide bonds. The van der Waals surface area contributed by atoms with Gasteiger partial charge in [0.2, 0.25) is 0 Å². The molecular weight excluding hydrogens is 266 g/mol. The topological polar surface area (TPSA) is 49.8 Å². The maximum Gasteiger partial charge on any atom is 0.268 e. The van der Waals surface area contributed by atoms with Gasteiger partial charge >= 0.3 is 0 Å². The van der Waals surface area contributed by atoms with Gasteiger partial charge in [-0.3, -0.25) is 4.79 Å². The Morgan fingerprint density at radius 3 is 2.71 bits per heavy atom. The van der Waals surface area contributed by atoms with Gasteiger partial charge in [-0.25, -0.2) is 0 Å². The fourth-order valence-corrected chi connectivity index (χ4v) is 2.61. The molecule has 0 fully saturated rings. The highest BCUT2D eigenvalue weighted by Gasteiger charge is 2.35. The van der Waals surface area contributed by atoms with Gasteiger partial charge in [0.15, 0.2) is 6.10 Å². The van der Waals surface area contributed by atoms with Crippen molar-refractivity contribution in [2.75, 3.05) is 11.4 Å². The molecule has 21 heavy (non-hydrogen) atoms. The van der Waals surface area contributed by atoms with Crippen molar-refractivity contribution in [1.82, 2.24) is 0 Å². The predicted molar refractivity (Wildman–Crippen MR) is 83.5 cm³/mol. The molecule has 0 radical (unpaired) electrons. The summed E-state index contributed by atoms with van der Waals surface area (Å²) in [5.41, 5.74) is 1.63. The maximum absolute atomic E-state index is 12.6. The quantitative estimate of drug-likeness (QED) is 0.819. The fraction of sp³-hybridized carbons (Fsp3) is 0.588. The van der Waals surface area contributed by atoms with E-state index in [-0.39, 0.29) is 18.4 Å². The molecule has 0 aromatic heterocycles. The number of aliphatic hydroxyl groups is 1. The van der Waals surface area contributed by atoms with E-state index in [4.69, 9.17) is 4.74 Å². The average molecular weight is 291 g/mol. The van der Waals surface area contributed by atoms with Gasteiger partial charge in [-0.05, 0) is 30.0 Å². The number of benzene rings is 1. The second-order valence-corrected chi connectivity index (χ2v) is 5.94. The summed E-state index contributed by atoms with van der Waals surface area (Å²) in [6.45, 7) is 6.85. The van der Waals surface area contributed by atoms with Crippen molar-refractivity contribution in [2.24, 2.45) is 5.92 Å². The van der Waals surface area contributed by atoms with Gasteiger partial charge in [-0.15, -0.1) is 0 Å². The van der Waals surface area contributed by atoms with Gasteiger partial charge in [0.25, 0.3) is 5.91 Å². The van der Waals surface area contributed by atoms with Gasteiger partial charge in [-0.1, -0.05) is 39.7 Å². The molecule has 4 heteroatoms. The van der Waals surface area contributed by atoms with Crippen LogP contribution in [0.25, 0.3) is 0 Å². The van der Waals surface area contributed by atoms with Crippen LogP contribution in [0.5, 0.6) is 5.75 Å². The zero-order valence-electron chi connectivity index (χ0n) is 13.1. The van der Waals surface area contributed by atoms with Crippen molar-refractivity contribution < 1.29 is 14.6 Å². The number of aliphatic hydroxyl groups excluding tert-OH is 1. The summed E-state index contributed by atoms with van der Waals surface area (Å²) in [6.07, 6.45) is 2.80. The number of carbonyl (C=O) groups excluding carboxylic acids is 1. The van der Waals surface area contributed by atoms with E-state index < -0.39 is 6.10 Å². The molecule has 2 rings (SSSR count). The van der Waals surface area contributed by atoms with Crippen LogP contribution in [0.15, 0.2) is 18.2 Å². The molecule has 116 valence electrons. The summed E-state index contributed by atoms with van der Waals surface area (Å²) in [5.74, 6) is 0.874. The van der Waals surface area contributed by atoms with Crippen molar-refractivity contribution in [1.29, 1.82) is 0 Å². The Morgan fingerprint density at radius 2 is 2.10 bits per heavy atom. The molecule has 4 nitrogen and oxygen atoms in total. The lowest BCUT2D eigenvalue weighted by Crippen LogP contribution is -2.48. The number of rotatable bonds is 6. The minimum Gasteiger partial charge on any atom is -0.478 e. The van der Waals surface area contributed by atoms with E-state index in [0.717, 1.165) is 37.1 Å². The third kappa shape index (κ3) is 3.38. The van der Waals surface area contributed by atoms with E-state index in [2.05, 4.69) is 6.92 Å². The Hall–Kier alpha value is -1.55. The summed E-state index contributed by atoms with van der Waals surface area (Å²) < 4.78 is 5.88. The molecule has 1 unspecified atom stereocenters. The van der Waals surface area contributed by atoms with Gasteiger partial charge in [0, 0.05) is 6.54 Å². The first-order valence-corrected chi connectivity index (χ1v) is 7.80. The molecule has 0 aliphatic carbocycles. The van der Waals surface area contributed by atoms with Crippen molar-refractivity contribution in [3.8, 4) is 5.75 Å². The van der Waals surface area contributed by atoms with E-state index in [0.29, 0.717) is 5.75 Å². The lowest BCUT2D eigenvalue weighted by Gasteiger charge is -2.36. The summed E-state index contributed by atoms with van der Waals surface area (Å²) in [5, 5.41) is 9.27. The summed E-state index contributed by atoms with van der Waals surface area (Å²) in [4.78, 5) is 14.5. The third-order valence-corrected chi connectivity index (χ3v) is 3.85. The highest BCUT2D eigenvalue weighted by atomic mass is 16.5. The van der Waals surface area contributed by atoms with Crippen molar-refractivity contribution >= 4 is 11.6 Å². The van der Waals surface area contributed by atoms with Gasteiger partial charge in [0.1, 0.15) is 5.75 Å². The first-order chi connectivity index (χ1) is 10.1. The van der Waals surface area contributed by atoms with Crippen LogP contribution in [-0.2, 0) is 11.4 Å². The van der Waals surface area contributed by atoms with Crippen molar-refractivity contribution in [2.45, 2.75) is 52.7 Å². The Kier molecular flexibility index (Phi) is 5.23. The Labute approximate surface area is 126 Å².